The fourth-order valence-corrected chi connectivity index (χ4v) is 3.48. The fraction of sp³-hybridized carbons (Fsp3) is 0.0870. The summed E-state index contributed by atoms with van der Waals surface area (Å²) in [5.74, 6) is -0.0306. The molecule has 4 rings (SSSR count). The first-order chi connectivity index (χ1) is 14.5. The lowest BCUT2D eigenvalue weighted by atomic mass is 9.97. The van der Waals surface area contributed by atoms with Crippen molar-refractivity contribution in [1.29, 1.82) is 5.26 Å². The van der Waals surface area contributed by atoms with Gasteiger partial charge in [0.15, 0.2) is 0 Å². The van der Waals surface area contributed by atoms with E-state index in [-0.39, 0.29) is 18.2 Å². The van der Waals surface area contributed by atoms with Crippen LogP contribution >= 0.6 is 11.6 Å². The maximum atomic E-state index is 12.5. The molecular formula is C23H16ClN3O3. The van der Waals surface area contributed by atoms with Crippen molar-refractivity contribution in [2.45, 2.75) is 12.3 Å². The third-order valence-corrected chi connectivity index (χ3v) is 5.02. The molecule has 0 spiro atoms. The Bertz CT molecular complexity index is 1170. The molecule has 7 heteroatoms. The molecule has 3 aromatic rings. The number of nitrogens with one attached hydrogen (secondary N) is 2. The normalized spacial score (nSPS) is 14.4. The Balaban J connectivity index is 1.41. The van der Waals surface area contributed by atoms with Crippen LogP contribution in [-0.4, -0.2) is 11.8 Å². The second-order valence-corrected chi connectivity index (χ2v) is 7.17. The van der Waals surface area contributed by atoms with Crippen LogP contribution in [0.5, 0.6) is 11.5 Å². The van der Waals surface area contributed by atoms with Gasteiger partial charge in [0.05, 0.1) is 22.6 Å². The number of rotatable bonds is 5. The Morgan fingerprint density at radius 1 is 1.13 bits per heavy atom. The van der Waals surface area contributed by atoms with E-state index in [0.29, 0.717) is 27.8 Å². The van der Waals surface area contributed by atoms with Gasteiger partial charge in [-0.3, -0.25) is 9.59 Å². The molecule has 6 nitrogen and oxygen atoms in total. The third kappa shape index (κ3) is 4.12. The molecule has 1 atom stereocenters. The number of hydrogen-bond donors (Lipinski definition) is 2. The minimum atomic E-state index is -0.518. The number of para-hydroxylation sites is 1. The quantitative estimate of drug-likeness (QED) is 0.606. The molecule has 2 amide bonds. The number of halogens is 1. The number of fused-ring (bicyclic) bond motifs is 1. The van der Waals surface area contributed by atoms with Gasteiger partial charge in [0.2, 0.25) is 11.8 Å². The highest BCUT2D eigenvalue weighted by molar-refractivity contribution is 6.32. The van der Waals surface area contributed by atoms with Gasteiger partial charge < -0.3 is 15.4 Å². The van der Waals surface area contributed by atoms with E-state index in [0.717, 1.165) is 11.3 Å². The predicted molar refractivity (Wildman–Crippen MR) is 114 cm³/mol. The number of anilines is 2. The average Bonchev–Trinajstić information content (AvgIpc) is 3.05. The van der Waals surface area contributed by atoms with Crippen LogP contribution in [0, 0.1) is 11.3 Å². The maximum absolute atomic E-state index is 12.5. The molecular weight excluding hydrogens is 402 g/mol. The van der Waals surface area contributed by atoms with Crippen molar-refractivity contribution < 1.29 is 14.3 Å². The van der Waals surface area contributed by atoms with Crippen molar-refractivity contribution in [3.8, 4) is 17.6 Å². The molecule has 0 aliphatic carbocycles. The van der Waals surface area contributed by atoms with Crippen LogP contribution in [0.15, 0.2) is 66.7 Å². The van der Waals surface area contributed by atoms with Crippen LogP contribution < -0.4 is 15.4 Å². The zero-order valence-corrected chi connectivity index (χ0v) is 16.4. The molecule has 0 saturated heterocycles. The summed E-state index contributed by atoms with van der Waals surface area (Å²) in [5.41, 5.74) is 2.60. The molecule has 0 radical (unpaired) electrons. The van der Waals surface area contributed by atoms with E-state index in [1.165, 1.54) is 0 Å². The van der Waals surface area contributed by atoms with E-state index in [1.54, 1.807) is 42.5 Å². The number of nitriles is 1. The second kappa shape index (κ2) is 8.27. The average molecular weight is 418 g/mol. The number of benzene rings is 3. The highest BCUT2D eigenvalue weighted by Crippen LogP contribution is 2.35. The van der Waals surface area contributed by atoms with Gasteiger partial charge in [0, 0.05) is 17.8 Å². The number of carbonyl (C=O) groups is 2. The van der Waals surface area contributed by atoms with Crippen LogP contribution in [-0.2, 0) is 9.59 Å². The lowest BCUT2D eigenvalue weighted by Crippen LogP contribution is -2.20. The standard InChI is InChI=1S/C23H16ClN3O3/c24-19-11-15(7-10-21(19)30-16-8-5-14(13-25)6-9-16)26-22(28)12-18-17-3-1-2-4-20(17)27-23(18)29/h1-11,18H,12H2,(H,26,28)(H,27,29). The zero-order valence-electron chi connectivity index (χ0n) is 15.7. The predicted octanol–water partition coefficient (Wildman–Crippen LogP) is 5.07. The molecule has 1 unspecified atom stereocenters. The van der Waals surface area contributed by atoms with Crippen LogP contribution in [0.2, 0.25) is 5.02 Å². The Morgan fingerprint density at radius 3 is 2.63 bits per heavy atom. The molecule has 0 fully saturated rings. The summed E-state index contributed by atoms with van der Waals surface area (Å²) in [7, 11) is 0. The largest absolute Gasteiger partial charge is 0.456 e. The summed E-state index contributed by atoms with van der Waals surface area (Å²) in [4.78, 5) is 24.7. The molecule has 0 saturated carbocycles. The maximum Gasteiger partial charge on any atom is 0.232 e. The lowest BCUT2D eigenvalue weighted by molar-refractivity contribution is -0.122. The Labute approximate surface area is 178 Å². The third-order valence-electron chi connectivity index (χ3n) is 4.73. The van der Waals surface area contributed by atoms with Crippen LogP contribution in [0.4, 0.5) is 11.4 Å². The van der Waals surface area contributed by atoms with Gasteiger partial charge in [-0.15, -0.1) is 0 Å². The van der Waals surface area contributed by atoms with Crippen molar-refractivity contribution in [2.24, 2.45) is 0 Å². The van der Waals surface area contributed by atoms with E-state index >= 15 is 0 Å². The van der Waals surface area contributed by atoms with E-state index in [9.17, 15) is 9.59 Å². The van der Waals surface area contributed by atoms with Gasteiger partial charge in [-0.2, -0.15) is 5.26 Å². The summed E-state index contributed by atoms with van der Waals surface area (Å²) < 4.78 is 5.72. The summed E-state index contributed by atoms with van der Waals surface area (Å²) in [6.07, 6.45) is 0.0317. The van der Waals surface area contributed by atoms with Crippen molar-refractivity contribution in [3.05, 3.63) is 82.9 Å². The van der Waals surface area contributed by atoms with E-state index < -0.39 is 5.92 Å². The zero-order chi connectivity index (χ0) is 21.1. The van der Waals surface area contributed by atoms with Gasteiger partial charge in [-0.05, 0) is 54.1 Å². The lowest BCUT2D eigenvalue weighted by Gasteiger charge is -2.12. The monoisotopic (exact) mass is 417 g/mol. The summed E-state index contributed by atoms with van der Waals surface area (Å²) in [6.45, 7) is 0. The minimum Gasteiger partial charge on any atom is -0.456 e. The van der Waals surface area contributed by atoms with Gasteiger partial charge in [-0.1, -0.05) is 29.8 Å². The van der Waals surface area contributed by atoms with Gasteiger partial charge in [0.1, 0.15) is 11.5 Å². The van der Waals surface area contributed by atoms with Crippen molar-refractivity contribution in [3.63, 3.8) is 0 Å². The Kier molecular flexibility index (Phi) is 5.38. The second-order valence-electron chi connectivity index (χ2n) is 6.76. The van der Waals surface area contributed by atoms with E-state index in [1.807, 2.05) is 30.3 Å². The van der Waals surface area contributed by atoms with E-state index in [4.69, 9.17) is 21.6 Å². The minimum absolute atomic E-state index is 0.0317. The number of nitrogens with zero attached hydrogens (tertiary/aromatic N) is 1. The molecule has 2 N–H and O–H groups in total. The molecule has 148 valence electrons. The molecule has 1 aliphatic rings. The molecule has 0 bridgehead atoms. The number of hydrogen-bond acceptors (Lipinski definition) is 4. The van der Waals surface area contributed by atoms with Gasteiger partial charge >= 0.3 is 0 Å². The highest BCUT2D eigenvalue weighted by atomic mass is 35.5. The molecule has 30 heavy (non-hydrogen) atoms. The Morgan fingerprint density at radius 2 is 1.90 bits per heavy atom. The van der Waals surface area contributed by atoms with Gasteiger partial charge in [-0.25, -0.2) is 0 Å². The molecule has 1 aliphatic heterocycles. The van der Waals surface area contributed by atoms with Gasteiger partial charge in [0.25, 0.3) is 0 Å². The van der Waals surface area contributed by atoms with E-state index in [2.05, 4.69) is 10.6 Å². The molecule has 3 aromatic carbocycles. The number of carbonyl (C=O) groups excluding carboxylic acids is 2. The first-order valence-electron chi connectivity index (χ1n) is 9.20. The van der Waals surface area contributed by atoms with Crippen molar-refractivity contribution in [2.75, 3.05) is 10.6 Å². The van der Waals surface area contributed by atoms with Crippen molar-refractivity contribution in [1.82, 2.24) is 0 Å². The van der Waals surface area contributed by atoms with Crippen molar-refractivity contribution >= 4 is 34.8 Å². The SMILES string of the molecule is N#Cc1ccc(Oc2ccc(NC(=O)CC3C(=O)Nc4ccccc43)cc2Cl)cc1. The number of amides is 2. The van der Waals surface area contributed by atoms with Crippen LogP contribution in [0.1, 0.15) is 23.5 Å². The summed E-state index contributed by atoms with van der Waals surface area (Å²) in [6, 6.07) is 20.9. The Hall–Kier alpha value is -3.82. The highest BCUT2D eigenvalue weighted by Gasteiger charge is 2.31. The van der Waals surface area contributed by atoms with Crippen LogP contribution in [0.25, 0.3) is 0 Å². The van der Waals surface area contributed by atoms with Crippen LogP contribution in [0.3, 0.4) is 0 Å². The smallest absolute Gasteiger partial charge is 0.232 e. The summed E-state index contributed by atoms with van der Waals surface area (Å²) >= 11 is 6.29. The first kappa shape index (κ1) is 19.5. The fourth-order valence-electron chi connectivity index (χ4n) is 3.26. The molecule has 1 heterocycles. The summed E-state index contributed by atoms with van der Waals surface area (Å²) in [5, 5.41) is 14.7. The first-order valence-corrected chi connectivity index (χ1v) is 9.58. The topological polar surface area (TPSA) is 91.2 Å². The molecule has 0 aromatic heterocycles. The number of ether oxygens (including phenoxy) is 1.